The number of nitrogens with zero attached hydrogens (tertiary/aromatic N) is 1. The van der Waals surface area contributed by atoms with Crippen LogP contribution >= 0.6 is 0 Å². The van der Waals surface area contributed by atoms with E-state index in [0.29, 0.717) is 12.2 Å². The Morgan fingerprint density at radius 1 is 0.969 bits per heavy atom. The van der Waals surface area contributed by atoms with Gasteiger partial charge in [0.25, 0.3) is 0 Å². The molecule has 0 atom stereocenters. The molecule has 0 radical (unpaired) electrons. The Bertz CT molecular complexity index is 1260. The number of halogens is 3. The van der Waals surface area contributed by atoms with Gasteiger partial charge in [-0.2, -0.15) is 13.2 Å². The first-order valence-electron chi connectivity index (χ1n) is 10.3. The number of carbonyl (C=O) groups excluding carboxylic acids is 1. The first kappa shape index (κ1) is 21.7. The van der Waals surface area contributed by atoms with Crippen LogP contribution in [-0.2, 0) is 23.9 Å². The molecule has 0 saturated carbocycles. The van der Waals surface area contributed by atoms with E-state index in [1.165, 1.54) is 12.1 Å². The Kier molecular flexibility index (Phi) is 6.04. The fourth-order valence-electron chi connectivity index (χ4n) is 3.91. The van der Waals surface area contributed by atoms with Gasteiger partial charge in [-0.3, -0.25) is 0 Å². The van der Waals surface area contributed by atoms with Gasteiger partial charge in [-0.15, -0.1) is 0 Å². The van der Waals surface area contributed by atoms with E-state index in [9.17, 15) is 18.0 Å². The first-order valence-corrected chi connectivity index (χ1v) is 10.3. The SMILES string of the molecule is CCOc1cccc(-c2ccc3c(c2)c(CC=O)cn3Cc2cccc(C(F)(F)F)c2)c1. The van der Waals surface area contributed by atoms with Gasteiger partial charge in [0, 0.05) is 30.1 Å². The van der Waals surface area contributed by atoms with Gasteiger partial charge in [-0.25, -0.2) is 0 Å². The lowest BCUT2D eigenvalue weighted by Gasteiger charge is -2.11. The van der Waals surface area contributed by atoms with Crippen LogP contribution in [0.2, 0.25) is 0 Å². The van der Waals surface area contributed by atoms with Crippen LogP contribution in [0, 0.1) is 0 Å². The molecule has 4 rings (SSSR count). The number of rotatable bonds is 7. The Balaban J connectivity index is 1.74. The average Bonchev–Trinajstić information content (AvgIpc) is 3.10. The molecule has 0 saturated heterocycles. The molecule has 0 spiro atoms. The number of aromatic nitrogens is 1. The molecule has 164 valence electrons. The van der Waals surface area contributed by atoms with Crippen LogP contribution in [0.1, 0.15) is 23.6 Å². The van der Waals surface area contributed by atoms with Crippen molar-refractivity contribution in [3.8, 4) is 16.9 Å². The van der Waals surface area contributed by atoms with E-state index in [0.717, 1.165) is 45.7 Å². The maximum atomic E-state index is 13.1. The second kappa shape index (κ2) is 8.91. The highest BCUT2D eigenvalue weighted by molar-refractivity contribution is 5.90. The lowest BCUT2D eigenvalue weighted by Crippen LogP contribution is -2.06. The van der Waals surface area contributed by atoms with E-state index >= 15 is 0 Å². The minimum Gasteiger partial charge on any atom is -0.494 e. The van der Waals surface area contributed by atoms with Gasteiger partial charge in [-0.05, 0) is 65.6 Å². The fraction of sp³-hybridized carbons (Fsp3) is 0.192. The molecule has 0 amide bonds. The van der Waals surface area contributed by atoms with E-state index in [2.05, 4.69) is 0 Å². The highest BCUT2D eigenvalue weighted by Gasteiger charge is 2.30. The quantitative estimate of drug-likeness (QED) is 0.309. The van der Waals surface area contributed by atoms with Gasteiger partial charge in [-0.1, -0.05) is 30.3 Å². The molecule has 0 aliphatic rings. The molecule has 3 nitrogen and oxygen atoms in total. The third kappa shape index (κ3) is 4.54. The summed E-state index contributed by atoms with van der Waals surface area (Å²) in [6.45, 7) is 2.78. The molecule has 32 heavy (non-hydrogen) atoms. The second-order valence-corrected chi connectivity index (χ2v) is 7.54. The summed E-state index contributed by atoms with van der Waals surface area (Å²) in [7, 11) is 0. The molecule has 0 aliphatic heterocycles. The minimum absolute atomic E-state index is 0.231. The van der Waals surface area contributed by atoms with E-state index < -0.39 is 11.7 Å². The van der Waals surface area contributed by atoms with Crippen LogP contribution in [0.5, 0.6) is 5.75 Å². The van der Waals surface area contributed by atoms with Gasteiger partial charge in [0.05, 0.1) is 12.2 Å². The fourth-order valence-corrected chi connectivity index (χ4v) is 3.91. The maximum absolute atomic E-state index is 13.1. The maximum Gasteiger partial charge on any atom is 0.416 e. The van der Waals surface area contributed by atoms with Crippen molar-refractivity contribution in [2.24, 2.45) is 0 Å². The van der Waals surface area contributed by atoms with Crippen LogP contribution in [0.4, 0.5) is 13.2 Å². The van der Waals surface area contributed by atoms with Crippen molar-refractivity contribution < 1.29 is 22.7 Å². The van der Waals surface area contributed by atoms with Crippen molar-refractivity contribution >= 4 is 17.2 Å². The van der Waals surface area contributed by atoms with Crippen LogP contribution in [-0.4, -0.2) is 17.5 Å². The van der Waals surface area contributed by atoms with Gasteiger partial charge in [0.2, 0.25) is 0 Å². The van der Waals surface area contributed by atoms with Crippen molar-refractivity contribution in [2.45, 2.75) is 26.1 Å². The zero-order valence-electron chi connectivity index (χ0n) is 17.5. The van der Waals surface area contributed by atoms with Gasteiger partial charge in [0.1, 0.15) is 12.0 Å². The number of hydrogen-bond donors (Lipinski definition) is 0. The van der Waals surface area contributed by atoms with Crippen molar-refractivity contribution in [3.63, 3.8) is 0 Å². The van der Waals surface area contributed by atoms with Crippen LogP contribution in [0.25, 0.3) is 22.0 Å². The van der Waals surface area contributed by atoms with Crippen molar-refractivity contribution in [1.82, 2.24) is 4.57 Å². The summed E-state index contributed by atoms with van der Waals surface area (Å²) in [5.41, 5.74) is 3.54. The number of aldehydes is 1. The molecule has 3 aromatic carbocycles. The summed E-state index contributed by atoms with van der Waals surface area (Å²) >= 11 is 0. The summed E-state index contributed by atoms with van der Waals surface area (Å²) < 4.78 is 46.8. The number of carbonyl (C=O) groups is 1. The lowest BCUT2D eigenvalue weighted by atomic mass is 10.0. The number of alkyl halides is 3. The molecular weight excluding hydrogens is 415 g/mol. The summed E-state index contributed by atoms with van der Waals surface area (Å²) in [5.74, 6) is 0.778. The minimum atomic E-state index is -4.39. The summed E-state index contributed by atoms with van der Waals surface area (Å²) in [4.78, 5) is 11.3. The summed E-state index contributed by atoms with van der Waals surface area (Å²) in [5, 5.41) is 0.906. The summed E-state index contributed by atoms with van der Waals surface area (Å²) in [6.07, 6.45) is -1.47. The molecule has 0 N–H and O–H groups in total. The predicted molar refractivity (Wildman–Crippen MR) is 119 cm³/mol. The Morgan fingerprint density at radius 3 is 2.50 bits per heavy atom. The third-order valence-electron chi connectivity index (χ3n) is 5.35. The highest BCUT2D eigenvalue weighted by atomic mass is 19.4. The summed E-state index contributed by atoms with van der Waals surface area (Å²) in [6, 6.07) is 19.0. The highest BCUT2D eigenvalue weighted by Crippen LogP contribution is 2.32. The lowest BCUT2D eigenvalue weighted by molar-refractivity contribution is -0.137. The molecule has 0 fully saturated rings. The number of fused-ring (bicyclic) bond motifs is 1. The Hall–Kier alpha value is -3.54. The largest absolute Gasteiger partial charge is 0.494 e. The number of benzene rings is 3. The molecule has 0 bridgehead atoms. The monoisotopic (exact) mass is 437 g/mol. The Morgan fingerprint density at radius 2 is 1.75 bits per heavy atom. The van der Waals surface area contributed by atoms with E-state index in [-0.39, 0.29) is 13.0 Å². The molecule has 0 unspecified atom stereocenters. The standard InChI is InChI=1S/C26H22F3NO2/c1-2-32-23-8-4-6-19(14-23)20-9-10-25-24(15-20)21(11-12-31)17-30(25)16-18-5-3-7-22(13-18)26(27,28)29/h3-10,12-15,17H,2,11,16H2,1H3. The van der Waals surface area contributed by atoms with E-state index in [1.54, 1.807) is 6.07 Å². The first-order chi connectivity index (χ1) is 15.4. The number of ether oxygens (including phenoxy) is 1. The normalized spacial score (nSPS) is 11.6. The molecule has 0 aliphatic carbocycles. The third-order valence-corrected chi connectivity index (χ3v) is 5.35. The van der Waals surface area contributed by atoms with Crippen LogP contribution in [0.3, 0.4) is 0 Å². The second-order valence-electron chi connectivity index (χ2n) is 7.54. The topological polar surface area (TPSA) is 31.2 Å². The van der Waals surface area contributed by atoms with Crippen LogP contribution in [0.15, 0.2) is 72.9 Å². The molecule has 1 heterocycles. The zero-order chi connectivity index (χ0) is 22.7. The number of hydrogen-bond acceptors (Lipinski definition) is 2. The van der Waals surface area contributed by atoms with Crippen molar-refractivity contribution in [1.29, 1.82) is 0 Å². The molecule has 4 aromatic rings. The average molecular weight is 437 g/mol. The molecular formula is C26H22F3NO2. The smallest absolute Gasteiger partial charge is 0.416 e. The van der Waals surface area contributed by atoms with Crippen LogP contribution < -0.4 is 4.74 Å². The van der Waals surface area contributed by atoms with E-state index in [1.807, 2.05) is 60.2 Å². The zero-order valence-corrected chi connectivity index (χ0v) is 17.5. The van der Waals surface area contributed by atoms with Gasteiger partial charge < -0.3 is 14.1 Å². The van der Waals surface area contributed by atoms with Crippen molar-refractivity contribution in [2.75, 3.05) is 6.61 Å². The Labute approximate surface area is 184 Å². The van der Waals surface area contributed by atoms with Gasteiger partial charge >= 0.3 is 6.18 Å². The molecule has 6 heteroatoms. The predicted octanol–water partition coefficient (Wildman–Crippen LogP) is 6.52. The van der Waals surface area contributed by atoms with E-state index in [4.69, 9.17) is 4.74 Å². The molecule has 1 aromatic heterocycles. The van der Waals surface area contributed by atoms with Gasteiger partial charge in [0.15, 0.2) is 0 Å². The van der Waals surface area contributed by atoms with Crippen molar-refractivity contribution in [3.05, 3.63) is 89.6 Å².